The fourth-order valence-electron chi connectivity index (χ4n) is 6.84. The van der Waals surface area contributed by atoms with Gasteiger partial charge in [0.1, 0.15) is 0 Å². The van der Waals surface area contributed by atoms with E-state index in [0.29, 0.717) is 34.8 Å². The summed E-state index contributed by atoms with van der Waals surface area (Å²) in [5.74, 6) is 2.20. The minimum atomic E-state index is -4.37. The SMILES string of the molecule is Cn1nc(C2CC2)c2c(C(F)(F)F)cc(C34CC5CC(CC(C5)C3)C4)nc21. The van der Waals surface area contributed by atoms with Gasteiger partial charge in [0.25, 0.3) is 0 Å². The van der Waals surface area contributed by atoms with E-state index in [0.717, 1.165) is 32.1 Å². The van der Waals surface area contributed by atoms with Crippen LogP contribution in [-0.4, -0.2) is 14.8 Å². The molecule has 7 rings (SSSR count). The van der Waals surface area contributed by atoms with Gasteiger partial charge < -0.3 is 0 Å². The molecule has 0 spiro atoms. The van der Waals surface area contributed by atoms with Gasteiger partial charge in [0.15, 0.2) is 5.65 Å². The van der Waals surface area contributed by atoms with Crippen LogP contribution in [0.15, 0.2) is 6.07 Å². The van der Waals surface area contributed by atoms with E-state index in [-0.39, 0.29) is 16.7 Å². The van der Waals surface area contributed by atoms with Gasteiger partial charge in [-0.3, -0.25) is 4.68 Å². The molecule has 5 aliphatic carbocycles. The number of hydrogen-bond donors (Lipinski definition) is 0. The van der Waals surface area contributed by atoms with Crippen LogP contribution in [-0.2, 0) is 18.6 Å². The first kappa shape index (κ1) is 16.4. The molecule has 5 saturated carbocycles. The molecule has 0 amide bonds. The van der Waals surface area contributed by atoms with Gasteiger partial charge in [-0.2, -0.15) is 18.3 Å². The number of fused-ring (bicyclic) bond motifs is 1. The van der Waals surface area contributed by atoms with E-state index in [1.54, 1.807) is 11.7 Å². The maximum Gasteiger partial charge on any atom is 0.417 e. The Balaban J connectivity index is 1.58. The highest BCUT2D eigenvalue weighted by molar-refractivity contribution is 5.84. The van der Waals surface area contributed by atoms with Crippen molar-refractivity contribution in [2.45, 2.75) is 68.9 Å². The summed E-state index contributed by atoms with van der Waals surface area (Å²) in [5, 5.41) is 4.72. The molecule has 5 fully saturated rings. The molecule has 6 heteroatoms. The lowest BCUT2D eigenvalue weighted by atomic mass is 9.48. The van der Waals surface area contributed by atoms with E-state index in [1.165, 1.54) is 25.3 Å². The number of pyridine rings is 1. The predicted octanol–water partition coefficient (Wildman–Crippen LogP) is 5.33. The smallest absolute Gasteiger partial charge is 0.250 e. The van der Waals surface area contributed by atoms with Crippen molar-refractivity contribution in [3.05, 3.63) is 23.0 Å². The Bertz CT molecular complexity index is 903. The number of alkyl halides is 3. The molecular weight excluding hydrogens is 351 g/mol. The minimum absolute atomic E-state index is 0.146. The van der Waals surface area contributed by atoms with Crippen LogP contribution in [0, 0.1) is 17.8 Å². The van der Waals surface area contributed by atoms with Gasteiger partial charge in [0.2, 0.25) is 0 Å². The molecule has 0 atom stereocenters. The van der Waals surface area contributed by atoms with Crippen LogP contribution in [0.25, 0.3) is 11.0 Å². The summed E-state index contributed by atoms with van der Waals surface area (Å²) in [7, 11) is 1.74. The zero-order valence-corrected chi connectivity index (χ0v) is 15.5. The quantitative estimate of drug-likeness (QED) is 0.710. The molecule has 2 heterocycles. The average Bonchev–Trinajstić information content (AvgIpc) is 3.36. The Morgan fingerprint density at radius 1 is 1.04 bits per heavy atom. The largest absolute Gasteiger partial charge is 0.417 e. The maximum atomic E-state index is 14.1. The summed E-state index contributed by atoms with van der Waals surface area (Å²) in [5.41, 5.74) is 1.06. The van der Waals surface area contributed by atoms with Crippen molar-refractivity contribution >= 4 is 11.0 Å². The Labute approximate surface area is 156 Å². The van der Waals surface area contributed by atoms with Crippen molar-refractivity contribution in [2.24, 2.45) is 24.8 Å². The number of halogens is 3. The Morgan fingerprint density at radius 2 is 1.63 bits per heavy atom. The summed E-state index contributed by atoms with van der Waals surface area (Å²) in [4.78, 5) is 4.87. The molecule has 27 heavy (non-hydrogen) atoms. The summed E-state index contributed by atoms with van der Waals surface area (Å²) >= 11 is 0. The molecule has 144 valence electrons. The third-order valence-corrected chi connectivity index (χ3v) is 7.67. The first-order valence-electron chi connectivity index (χ1n) is 10.3. The minimum Gasteiger partial charge on any atom is -0.250 e. The van der Waals surface area contributed by atoms with Crippen molar-refractivity contribution in [3.8, 4) is 0 Å². The molecule has 0 aromatic carbocycles. The first-order valence-corrected chi connectivity index (χ1v) is 10.3. The topological polar surface area (TPSA) is 30.7 Å². The van der Waals surface area contributed by atoms with Crippen molar-refractivity contribution in [3.63, 3.8) is 0 Å². The zero-order chi connectivity index (χ0) is 18.6. The number of hydrogen-bond acceptors (Lipinski definition) is 2. The molecule has 5 aliphatic rings. The van der Waals surface area contributed by atoms with E-state index in [4.69, 9.17) is 4.98 Å². The third kappa shape index (κ3) is 2.34. The average molecular weight is 375 g/mol. The number of rotatable bonds is 2. The highest BCUT2D eigenvalue weighted by Crippen LogP contribution is 2.61. The monoisotopic (exact) mass is 375 g/mol. The van der Waals surface area contributed by atoms with Crippen LogP contribution < -0.4 is 0 Å². The molecule has 0 radical (unpaired) electrons. The van der Waals surface area contributed by atoms with E-state index in [9.17, 15) is 13.2 Å². The van der Waals surface area contributed by atoms with Gasteiger partial charge in [0, 0.05) is 24.1 Å². The van der Waals surface area contributed by atoms with Gasteiger partial charge in [-0.05, 0) is 75.2 Å². The number of aromatic nitrogens is 3. The zero-order valence-electron chi connectivity index (χ0n) is 15.5. The van der Waals surface area contributed by atoms with Crippen LogP contribution in [0.2, 0.25) is 0 Å². The first-order chi connectivity index (χ1) is 12.8. The van der Waals surface area contributed by atoms with Crippen LogP contribution in [0.4, 0.5) is 13.2 Å². The number of nitrogens with zero attached hydrogens (tertiary/aromatic N) is 3. The summed E-state index contributed by atoms with van der Waals surface area (Å²) in [6, 6.07) is 1.41. The summed E-state index contributed by atoms with van der Waals surface area (Å²) < 4.78 is 43.8. The molecule has 3 nitrogen and oxygen atoms in total. The summed E-state index contributed by atoms with van der Waals surface area (Å²) in [6.45, 7) is 0. The number of aryl methyl sites for hydroxylation is 1. The maximum absolute atomic E-state index is 14.1. The van der Waals surface area contributed by atoms with E-state index in [1.807, 2.05) is 0 Å². The van der Waals surface area contributed by atoms with Crippen molar-refractivity contribution < 1.29 is 13.2 Å². The fraction of sp³-hybridized carbons (Fsp3) is 0.714. The fourth-order valence-corrected chi connectivity index (χ4v) is 6.84. The summed E-state index contributed by atoms with van der Waals surface area (Å²) in [6.07, 6.45) is 4.35. The standard InChI is InChI=1S/C21H24F3N3/c1-27-19-17(18(26-27)14-2-3-14)15(21(22,23)24)7-16(25-19)20-8-11-4-12(9-20)6-13(5-11)10-20/h7,11-14H,2-6,8-10H2,1H3. The third-order valence-electron chi connectivity index (χ3n) is 7.67. The van der Waals surface area contributed by atoms with Crippen LogP contribution >= 0.6 is 0 Å². The lowest BCUT2D eigenvalue weighted by molar-refractivity contribution is -0.136. The Morgan fingerprint density at radius 3 is 2.15 bits per heavy atom. The van der Waals surface area contributed by atoms with Gasteiger partial charge in [-0.15, -0.1) is 0 Å². The van der Waals surface area contributed by atoms with Gasteiger partial charge in [0.05, 0.1) is 16.6 Å². The lowest BCUT2D eigenvalue weighted by Gasteiger charge is -2.56. The predicted molar refractivity (Wildman–Crippen MR) is 95.3 cm³/mol. The molecule has 0 N–H and O–H groups in total. The van der Waals surface area contributed by atoms with E-state index in [2.05, 4.69) is 5.10 Å². The molecule has 2 aromatic heterocycles. The van der Waals surface area contributed by atoms with Gasteiger partial charge in [-0.1, -0.05) is 0 Å². The second kappa shape index (κ2) is 5.06. The van der Waals surface area contributed by atoms with Crippen molar-refractivity contribution in [2.75, 3.05) is 0 Å². The molecular formula is C21H24F3N3. The van der Waals surface area contributed by atoms with E-state index < -0.39 is 11.7 Å². The van der Waals surface area contributed by atoms with Crippen LogP contribution in [0.3, 0.4) is 0 Å². The molecule has 0 aliphatic heterocycles. The lowest BCUT2D eigenvalue weighted by Crippen LogP contribution is -2.49. The van der Waals surface area contributed by atoms with Gasteiger partial charge in [-0.25, -0.2) is 4.98 Å². The van der Waals surface area contributed by atoms with Crippen molar-refractivity contribution in [1.29, 1.82) is 0 Å². The Kier molecular flexibility index (Phi) is 3.07. The van der Waals surface area contributed by atoms with Crippen molar-refractivity contribution in [1.82, 2.24) is 14.8 Å². The second-order valence-corrected chi connectivity index (χ2v) is 9.73. The van der Waals surface area contributed by atoms with Crippen LogP contribution in [0.5, 0.6) is 0 Å². The molecule has 2 aromatic rings. The highest BCUT2D eigenvalue weighted by Gasteiger charge is 2.53. The highest BCUT2D eigenvalue weighted by atomic mass is 19.4. The Hall–Kier alpha value is -1.59. The van der Waals surface area contributed by atoms with Crippen LogP contribution in [0.1, 0.15) is 74.2 Å². The molecule has 0 saturated heterocycles. The normalized spacial score (nSPS) is 35.3. The second-order valence-electron chi connectivity index (χ2n) is 9.73. The molecule has 0 unspecified atom stereocenters. The molecule has 4 bridgehead atoms. The van der Waals surface area contributed by atoms with E-state index >= 15 is 0 Å². The van der Waals surface area contributed by atoms with Gasteiger partial charge >= 0.3 is 6.18 Å².